The lowest BCUT2D eigenvalue weighted by atomic mass is 9.82. The first-order valence-corrected chi connectivity index (χ1v) is 12.4. The van der Waals surface area contributed by atoms with Gasteiger partial charge in [0.15, 0.2) is 11.5 Å². The van der Waals surface area contributed by atoms with Crippen LogP contribution in [0, 0.1) is 11.2 Å². The molecular formula is C21H24ClFN6O3S. The topological polar surface area (TPSA) is 125 Å². The Morgan fingerprint density at radius 2 is 2.18 bits per heavy atom. The van der Waals surface area contributed by atoms with Crippen LogP contribution in [0.25, 0.3) is 11.2 Å². The highest BCUT2D eigenvalue weighted by molar-refractivity contribution is 7.84. The van der Waals surface area contributed by atoms with Crippen molar-refractivity contribution in [2.45, 2.75) is 12.8 Å². The van der Waals surface area contributed by atoms with Gasteiger partial charge >= 0.3 is 0 Å². The Morgan fingerprint density at radius 3 is 2.88 bits per heavy atom. The Bertz CT molecular complexity index is 1200. The van der Waals surface area contributed by atoms with Gasteiger partial charge in [-0.25, -0.2) is 14.4 Å². The van der Waals surface area contributed by atoms with E-state index in [2.05, 4.69) is 30.7 Å². The van der Waals surface area contributed by atoms with Crippen molar-refractivity contribution in [2.24, 2.45) is 10.4 Å². The molecule has 3 heterocycles. The number of anilines is 1. The average molecular weight is 495 g/mol. The van der Waals surface area contributed by atoms with Crippen LogP contribution in [0.1, 0.15) is 18.4 Å². The van der Waals surface area contributed by atoms with Crippen molar-refractivity contribution in [3.8, 4) is 0 Å². The summed E-state index contributed by atoms with van der Waals surface area (Å²) in [5, 5.41) is 13.0. The molecule has 2 aromatic heterocycles. The molecule has 0 bridgehead atoms. The molecule has 0 spiro atoms. The number of aromatic amines is 1. The predicted octanol–water partition coefficient (Wildman–Crippen LogP) is 3.39. The molecule has 1 fully saturated rings. The minimum Gasteiger partial charge on any atom is -0.381 e. The van der Waals surface area contributed by atoms with E-state index in [4.69, 9.17) is 16.3 Å². The monoisotopic (exact) mass is 494 g/mol. The number of benzene rings is 1. The Morgan fingerprint density at radius 1 is 1.39 bits per heavy atom. The second kappa shape index (κ2) is 10.1. The number of nitrogens with zero attached hydrogens (tertiary/aromatic N) is 3. The third kappa shape index (κ3) is 5.49. The third-order valence-corrected chi connectivity index (χ3v) is 6.90. The van der Waals surface area contributed by atoms with Crippen molar-refractivity contribution in [3.63, 3.8) is 0 Å². The second-order valence-corrected chi connectivity index (χ2v) is 9.84. The quantitative estimate of drug-likeness (QED) is 0.225. The number of amidine groups is 1. The van der Waals surface area contributed by atoms with Crippen molar-refractivity contribution in [1.29, 1.82) is 0 Å². The normalized spacial score (nSPS) is 17.2. The molecule has 3 aromatic rings. The van der Waals surface area contributed by atoms with Gasteiger partial charge in [-0.1, -0.05) is 11.6 Å². The van der Waals surface area contributed by atoms with Gasteiger partial charge in [-0.2, -0.15) is 4.98 Å². The Labute approximate surface area is 197 Å². The smallest absolute Gasteiger partial charge is 0.202 e. The average Bonchev–Trinajstić information content (AvgIpc) is 3.22. The lowest BCUT2D eigenvalue weighted by Gasteiger charge is -2.36. The van der Waals surface area contributed by atoms with Gasteiger partial charge in [-0.3, -0.25) is 14.9 Å². The van der Waals surface area contributed by atoms with E-state index in [0.29, 0.717) is 53.9 Å². The number of imidazole rings is 1. The van der Waals surface area contributed by atoms with Gasteiger partial charge in [-0.15, -0.1) is 0 Å². The number of nitrogens with one attached hydrogen (secondary N) is 3. The predicted molar refractivity (Wildman–Crippen MR) is 126 cm³/mol. The SMILES string of the molecule is CS(=O)CC1(CNc2nc3nccc(C(=Nc4ccc(F)c(Cl)c4)NO)c3[nH]2)CCOCC1. The van der Waals surface area contributed by atoms with E-state index in [9.17, 15) is 13.8 Å². The highest BCUT2D eigenvalue weighted by atomic mass is 35.5. The van der Waals surface area contributed by atoms with Gasteiger partial charge in [0.05, 0.1) is 16.2 Å². The molecule has 4 N–H and O–H groups in total. The summed E-state index contributed by atoms with van der Waals surface area (Å²) in [6.45, 7) is 1.86. The summed E-state index contributed by atoms with van der Waals surface area (Å²) >= 11 is 5.84. The molecule has 176 valence electrons. The molecule has 1 atom stereocenters. The number of ether oxygens (including phenoxy) is 1. The number of rotatable bonds is 7. The maximum Gasteiger partial charge on any atom is 0.202 e. The van der Waals surface area contributed by atoms with Crippen molar-refractivity contribution in [2.75, 3.05) is 37.1 Å². The molecular weight excluding hydrogens is 471 g/mol. The van der Waals surface area contributed by atoms with Crippen molar-refractivity contribution < 1.29 is 18.5 Å². The minimum absolute atomic E-state index is 0.0727. The highest BCUT2D eigenvalue weighted by Gasteiger charge is 2.34. The molecule has 1 saturated heterocycles. The van der Waals surface area contributed by atoms with Gasteiger partial charge in [0.1, 0.15) is 5.82 Å². The van der Waals surface area contributed by atoms with E-state index < -0.39 is 16.6 Å². The third-order valence-electron chi connectivity index (χ3n) is 5.59. The maximum atomic E-state index is 13.5. The highest BCUT2D eigenvalue weighted by Crippen LogP contribution is 2.32. The fourth-order valence-corrected chi connectivity index (χ4v) is 5.33. The van der Waals surface area contributed by atoms with Crippen molar-refractivity contribution in [1.82, 2.24) is 20.4 Å². The molecule has 0 saturated carbocycles. The van der Waals surface area contributed by atoms with Gasteiger partial charge < -0.3 is 15.0 Å². The number of fused-ring (bicyclic) bond motifs is 1. The van der Waals surface area contributed by atoms with Crippen molar-refractivity contribution >= 4 is 51.0 Å². The first-order chi connectivity index (χ1) is 15.9. The fourth-order valence-electron chi connectivity index (χ4n) is 3.90. The zero-order chi connectivity index (χ0) is 23.4. The lowest BCUT2D eigenvalue weighted by molar-refractivity contribution is 0.0318. The van der Waals surface area contributed by atoms with Gasteiger partial charge in [0.2, 0.25) is 5.95 Å². The molecule has 1 aliphatic heterocycles. The van der Waals surface area contributed by atoms with Crippen LogP contribution in [0.4, 0.5) is 16.0 Å². The molecule has 33 heavy (non-hydrogen) atoms. The molecule has 0 amide bonds. The van der Waals surface area contributed by atoms with Gasteiger partial charge in [0.25, 0.3) is 0 Å². The minimum atomic E-state index is -0.932. The summed E-state index contributed by atoms with van der Waals surface area (Å²) in [4.78, 5) is 16.3. The number of hydrogen-bond acceptors (Lipinski definition) is 7. The van der Waals surface area contributed by atoms with Crippen LogP contribution in [-0.4, -0.2) is 62.0 Å². The van der Waals surface area contributed by atoms with Gasteiger partial charge in [0, 0.05) is 59.7 Å². The van der Waals surface area contributed by atoms with Crippen LogP contribution in [0.5, 0.6) is 0 Å². The van der Waals surface area contributed by atoms with E-state index in [0.717, 1.165) is 12.8 Å². The molecule has 0 aliphatic carbocycles. The van der Waals surface area contributed by atoms with Gasteiger partial charge in [-0.05, 0) is 37.1 Å². The summed E-state index contributed by atoms with van der Waals surface area (Å²) in [5.74, 6) is 0.639. The van der Waals surface area contributed by atoms with E-state index in [1.54, 1.807) is 18.5 Å². The molecule has 12 heteroatoms. The van der Waals surface area contributed by atoms with Crippen LogP contribution < -0.4 is 10.8 Å². The molecule has 9 nitrogen and oxygen atoms in total. The van der Waals surface area contributed by atoms with E-state index in [1.807, 2.05) is 0 Å². The van der Waals surface area contributed by atoms with Crippen LogP contribution >= 0.6 is 11.6 Å². The summed E-state index contributed by atoms with van der Waals surface area (Å²) in [6.07, 6.45) is 4.89. The summed E-state index contributed by atoms with van der Waals surface area (Å²) < 4.78 is 30.9. The Kier molecular flexibility index (Phi) is 7.23. The molecule has 4 rings (SSSR count). The maximum absolute atomic E-state index is 13.5. The fraction of sp³-hybridized carbons (Fsp3) is 0.381. The van der Waals surface area contributed by atoms with E-state index >= 15 is 0 Å². The number of pyridine rings is 1. The Balaban J connectivity index is 1.61. The zero-order valence-electron chi connectivity index (χ0n) is 17.9. The second-order valence-electron chi connectivity index (χ2n) is 8.00. The van der Waals surface area contributed by atoms with E-state index in [1.165, 1.54) is 18.2 Å². The first-order valence-electron chi connectivity index (χ1n) is 10.3. The molecule has 0 radical (unpaired) electrons. The molecule has 1 aliphatic rings. The number of halogens is 2. The number of hydroxylamine groups is 1. The largest absolute Gasteiger partial charge is 0.381 e. The molecule has 1 unspecified atom stereocenters. The number of hydrogen-bond donors (Lipinski definition) is 4. The van der Waals surface area contributed by atoms with Crippen LogP contribution in [0.2, 0.25) is 5.02 Å². The summed E-state index contributed by atoms with van der Waals surface area (Å²) in [5.41, 5.74) is 3.78. The van der Waals surface area contributed by atoms with Crippen LogP contribution in [0.15, 0.2) is 35.5 Å². The number of H-pyrrole nitrogens is 1. The number of aromatic nitrogens is 3. The lowest BCUT2D eigenvalue weighted by Crippen LogP contribution is -2.40. The number of aliphatic imine (C=N–C) groups is 1. The van der Waals surface area contributed by atoms with E-state index in [-0.39, 0.29) is 16.3 Å². The zero-order valence-corrected chi connectivity index (χ0v) is 19.5. The molecule has 1 aromatic carbocycles. The Hall–Kier alpha value is -2.60. The first kappa shape index (κ1) is 23.6. The van der Waals surface area contributed by atoms with Crippen LogP contribution in [0.3, 0.4) is 0 Å². The van der Waals surface area contributed by atoms with Crippen LogP contribution in [-0.2, 0) is 15.5 Å². The standard InChI is InChI=1S/C21H24ClFN6O3S/c1-33(31)12-21(5-8-32-9-6-21)11-25-20-27-17-14(4-7-24-19(17)28-20)18(29-30)26-13-2-3-16(23)15(22)10-13/h2-4,7,10,30H,5-6,8-9,11-12H2,1H3,(H,26,29)(H2,24,25,27,28). The summed E-state index contributed by atoms with van der Waals surface area (Å²) in [7, 11) is -0.932. The summed E-state index contributed by atoms with van der Waals surface area (Å²) in [6, 6.07) is 5.67. The van der Waals surface area contributed by atoms with Crippen molar-refractivity contribution in [3.05, 3.63) is 46.9 Å².